The molecule has 8 heteroatoms. The quantitative estimate of drug-likeness (QED) is 0.453. The Balaban J connectivity index is 1.59. The Morgan fingerprint density at radius 3 is 2.39 bits per heavy atom. The van der Waals surface area contributed by atoms with Gasteiger partial charge < -0.3 is 10.4 Å². The molecule has 2 N–H and O–H groups in total. The highest BCUT2D eigenvalue weighted by molar-refractivity contribution is 6.17. The molecule has 0 aliphatic carbocycles. The number of carboxylic acid groups (broad SMARTS) is 1. The molecule has 0 fully saturated rings. The lowest BCUT2D eigenvalue weighted by molar-refractivity contribution is 0.0697. The number of hydrogen-bond donors (Lipinski definition) is 2. The number of carbonyl (C=O) groups is 1. The second kappa shape index (κ2) is 8.23. The number of benzene rings is 3. The van der Waals surface area contributed by atoms with Gasteiger partial charge in [0, 0.05) is 34.1 Å². The highest BCUT2D eigenvalue weighted by atomic mass is 19.1. The van der Waals surface area contributed by atoms with Crippen molar-refractivity contribution in [2.24, 2.45) is 4.99 Å². The van der Waals surface area contributed by atoms with Crippen molar-refractivity contribution in [2.75, 3.05) is 5.32 Å². The maximum atomic E-state index is 15.1. The van der Waals surface area contributed by atoms with Crippen molar-refractivity contribution in [3.63, 3.8) is 0 Å². The Hall–Kier alpha value is -4.46. The van der Waals surface area contributed by atoms with E-state index in [0.29, 0.717) is 28.2 Å². The summed E-state index contributed by atoms with van der Waals surface area (Å²) >= 11 is 0. The summed E-state index contributed by atoms with van der Waals surface area (Å²) in [6, 6.07) is 16.9. The van der Waals surface area contributed by atoms with Gasteiger partial charge >= 0.3 is 5.97 Å². The van der Waals surface area contributed by atoms with Gasteiger partial charge in [-0.2, -0.15) is 0 Å². The summed E-state index contributed by atoms with van der Waals surface area (Å²) < 4.78 is 29.7. The maximum Gasteiger partial charge on any atom is 0.335 e. The second-order valence-corrected chi connectivity index (χ2v) is 7.38. The minimum Gasteiger partial charge on any atom is -0.478 e. The molecule has 2 heterocycles. The largest absolute Gasteiger partial charge is 0.478 e. The van der Waals surface area contributed by atoms with Gasteiger partial charge in [0.1, 0.15) is 11.6 Å². The first-order chi connectivity index (χ1) is 16.0. The summed E-state index contributed by atoms with van der Waals surface area (Å²) in [5, 5.41) is 12.1. The Morgan fingerprint density at radius 1 is 0.909 bits per heavy atom. The first-order valence-electron chi connectivity index (χ1n) is 10.1. The van der Waals surface area contributed by atoms with Crippen molar-refractivity contribution in [1.29, 1.82) is 0 Å². The smallest absolute Gasteiger partial charge is 0.335 e. The van der Waals surface area contributed by atoms with Crippen LogP contribution in [-0.2, 0) is 6.54 Å². The van der Waals surface area contributed by atoms with Crippen molar-refractivity contribution in [3.05, 3.63) is 107 Å². The van der Waals surface area contributed by atoms with E-state index in [9.17, 15) is 9.18 Å². The summed E-state index contributed by atoms with van der Waals surface area (Å²) in [5.41, 5.74) is 2.97. The van der Waals surface area contributed by atoms with Crippen LogP contribution in [0.3, 0.4) is 0 Å². The molecular formula is C25H16F2N4O2. The van der Waals surface area contributed by atoms with E-state index in [1.54, 1.807) is 48.7 Å². The lowest BCUT2D eigenvalue weighted by Gasteiger charge is -2.13. The lowest BCUT2D eigenvalue weighted by atomic mass is 9.94. The predicted octanol–water partition coefficient (Wildman–Crippen LogP) is 5.21. The molecule has 0 unspecified atom stereocenters. The number of rotatable bonds is 4. The number of anilines is 2. The number of fused-ring (bicyclic) bond motifs is 3. The number of nitrogens with one attached hydrogen (secondary N) is 1. The monoisotopic (exact) mass is 442 g/mol. The number of halogens is 2. The highest BCUT2D eigenvalue weighted by Crippen LogP contribution is 2.34. The molecule has 0 saturated carbocycles. The fourth-order valence-electron chi connectivity index (χ4n) is 3.72. The third-order valence-corrected chi connectivity index (χ3v) is 5.29. The summed E-state index contributed by atoms with van der Waals surface area (Å²) in [6.45, 7) is 0.153. The number of nitrogens with zero attached hydrogens (tertiary/aromatic N) is 3. The van der Waals surface area contributed by atoms with Crippen LogP contribution in [0.5, 0.6) is 0 Å². The standard InChI is InChI=1S/C25H16F2N4O2/c26-19-6-2-1-4-17(19)23-18-5-3-7-20(27)21(18)22-15(12-28-23)13-29-25(31-22)30-16-10-8-14(9-11-16)24(32)33/h1-11,13H,12H2,(H,32,33)(H,29,30,31). The van der Waals surface area contributed by atoms with Gasteiger partial charge in [0.15, 0.2) is 0 Å². The van der Waals surface area contributed by atoms with E-state index in [2.05, 4.69) is 20.3 Å². The predicted molar refractivity (Wildman–Crippen MR) is 120 cm³/mol. The second-order valence-electron chi connectivity index (χ2n) is 7.38. The molecule has 3 aromatic carbocycles. The van der Waals surface area contributed by atoms with Gasteiger partial charge in [-0.15, -0.1) is 0 Å². The molecule has 0 amide bonds. The van der Waals surface area contributed by atoms with Crippen molar-refractivity contribution >= 4 is 23.3 Å². The Morgan fingerprint density at radius 2 is 1.64 bits per heavy atom. The number of aromatic carboxylic acids is 1. The number of aliphatic imine (C=N–C) groups is 1. The molecule has 0 saturated heterocycles. The van der Waals surface area contributed by atoms with Crippen LogP contribution in [0.25, 0.3) is 11.3 Å². The Bertz CT molecular complexity index is 1420. The van der Waals surface area contributed by atoms with Crippen molar-refractivity contribution in [1.82, 2.24) is 9.97 Å². The summed E-state index contributed by atoms with van der Waals surface area (Å²) in [4.78, 5) is 24.5. The highest BCUT2D eigenvalue weighted by Gasteiger charge is 2.25. The third kappa shape index (κ3) is 3.82. The van der Waals surface area contributed by atoms with Crippen LogP contribution in [0.1, 0.15) is 27.0 Å². The molecule has 5 rings (SSSR count). The van der Waals surface area contributed by atoms with Crippen molar-refractivity contribution < 1.29 is 18.7 Å². The van der Waals surface area contributed by atoms with E-state index in [4.69, 9.17) is 5.11 Å². The van der Waals surface area contributed by atoms with Crippen LogP contribution < -0.4 is 5.32 Å². The van der Waals surface area contributed by atoms with Crippen molar-refractivity contribution in [3.8, 4) is 11.3 Å². The average Bonchev–Trinajstić information content (AvgIpc) is 2.97. The normalized spacial score (nSPS) is 12.2. The molecule has 6 nitrogen and oxygen atoms in total. The first-order valence-corrected chi connectivity index (χ1v) is 10.1. The van der Waals surface area contributed by atoms with E-state index in [1.807, 2.05) is 0 Å². The lowest BCUT2D eigenvalue weighted by Crippen LogP contribution is -2.08. The van der Waals surface area contributed by atoms with Crippen LogP contribution in [0.15, 0.2) is 77.9 Å². The van der Waals surface area contributed by atoms with E-state index in [-0.39, 0.29) is 29.2 Å². The van der Waals surface area contributed by atoms with Gasteiger partial charge in [0.25, 0.3) is 0 Å². The van der Waals surface area contributed by atoms with E-state index >= 15 is 4.39 Å². The summed E-state index contributed by atoms with van der Waals surface area (Å²) in [5.74, 6) is -1.77. The SMILES string of the molecule is O=C(O)c1ccc(Nc2ncc3c(n2)-c2c(F)cccc2C(c2ccccc2F)=NC3)cc1. The average molecular weight is 442 g/mol. The van der Waals surface area contributed by atoms with Crippen LogP contribution in [0.2, 0.25) is 0 Å². The van der Waals surface area contributed by atoms with Gasteiger partial charge in [-0.05, 0) is 42.5 Å². The molecule has 33 heavy (non-hydrogen) atoms. The van der Waals surface area contributed by atoms with Crippen LogP contribution >= 0.6 is 0 Å². The fourth-order valence-corrected chi connectivity index (χ4v) is 3.72. The van der Waals surface area contributed by atoms with Gasteiger partial charge in [-0.25, -0.2) is 23.5 Å². The minimum atomic E-state index is -1.03. The molecular weight excluding hydrogens is 426 g/mol. The Labute approximate surface area is 187 Å². The van der Waals surface area contributed by atoms with E-state index in [0.717, 1.165) is 0 Å². The molecule has 0 spiro atoms. The Kier molecular flexibility index (Phi) is 5.10. The van der Waals surface area contributed by atoms with E-state index in [1.165, 1.54) is 24.3 Å². The zero-order chi connectivity index (χ0) is 22.9. The topological polar surface area (TPSA) is 87.5 Å². The first kappa shape index (κ1) is 20.4. The molecule has 4 aromatic rings. The van der Waals surface area contributed by atoms with E-state index < -0.39 is 17.6 Å². The summed E-state index contributed by atoms with van der Waals surface area (Å²) in [7, 11) is 0. The zero-order valence-electron chi connectivity index (χ0n) is 17.1. The maximum absolute atomic E-state index is 15.1. The zero-order valence-corrected chi connectivity index (χ0v) is 17.1. The number of aromatic nitrogens is 2. The van der Waals surface area contributed by atoms with Gasteiger partial charge in [0.2, 0.25) is 5.95 Å². The molecule has 0 atom stereocenters. The van der Waals surface area contributed by atoms with Gasteiger partial charge in [-0.3, -0.25) is 4.99 Å². The van der Waals surface area contributed by atoms with Gasteiger partial charge in [-0.1, -0.05) is 24.3 Å². The molecule has 1 aromatic heterocycles. The third-order valence-electron chi connectivity index (χ3n) is 5.29. The molecule has 0 bridgehead atoms. The van der Waals surface area contributed by atoms with Gasteiger partial charge in [0.05, 0.1) is 23.5 Å². The molecule has 1 aliphatic heterocycles. The number of carboxylic acids is 1. The summed E-state index contributed by atoms with van der Waals surface area (Å²) in [6.07, 6.45) is 1.56. The number of hydrogen-bond acceptors (Lipinski definition) is 5. The van der Waals surface area contributed by atoms with Crippen LogP contribution in [0, 0.1) is 11.6 Å². The minimum absolute atomic E-state index is 0.150. The molecule has 162 valence electrons. The molecule has 0 radical (unpaired) electrons. The van der Waals surface area contributed by atoms with Crippen molar-refractivity contribution in [2.45, 2.75) is 6.54 Å². The van der Waals surface area contributed by atoms with Crippen LogP contribution in [-0.4, -0.2) is 26.8 Å². The fraction of sp³-hybridized carbons (Fsp3) is 0.0400. The molecule has 1 aliphatic rings. The van der Waals surface area contributed by atoms with Crippen LogP contribution in [0.4, 0.5) is 20.4 Å².